The molecule has 3 aromatic rings. The molecule has 0 spiro atoms. The van der Waals surface area contributed by atoms with E-state index in [4.69, 9.17) is 33.5 Å². The van der Waals surface area contributed by atoms with Gasteiger partial charge in [-0.3, -0.25) is 14.5 Å². The van der Waals surface area contributed by atoms with Gasteiger partial charge in [-0.15, -0.1) is 0 Å². The van der Waals surface area contributed by atoms with Crippen molar-refractivity contribution in [2.24, 2.45) is 11.7 Å². The molecule has 8 nitrogen and oxygen atoms in total. The summed E-state index contributed by atoms with van der Waals surface area (Å²) in [5, 5.41) is 7.82. The molecule has 2 amide bonds. The molecule has 1 saturated heterocycles. The molecule has 10 heteroatoms. The van der Waals surface area contributed by atoms with Gasteiger partial charge in [0.25, 0.3) is 5.91 Å². The molecule has 1 aromatic heterocycles. The van der Waals surface area contributed by atoms with E-state index >= 15 is 0 Å². The van der Waals surface area contributed by atoms with Crippen LogP contribution in [0.1, 0.15) is 29.1 Å². The van der Waals surface area contributed by atoms with Crippen LogP contribution >= 0.6 is 23.2 Å². The first-order valence-electron chi connectivity index (χ1n) is 10.1. The van der Waals surface area contributed by atoms with Gasteiger partial charge in [0.05, 0.1) is 28.7 Å². The number of hydrogen-bond donors (Lipinski definition) is 2. The molecule has 32 heavy (non-hydrogen) atoms. The fourth-order valence-corrected chi connectivity index (χ4v) is 4.24. The third-order valence-electron chi connectivity index (χ3n) is 5.33. The molecular formula is C22H21Cl2N5O3. The zero-order chi connectivity index (χ0) is 22.7. The van der Waals surface area contributed by atoms with E-state index in [2.05, 4.69) is 20.4 Å². The molecule has 1 atom stereocenters. The topological polar surface area (TPSA) is 114 Å². The zero-order valence-corrected chi connectivity index (χ0v) is 18.6. The highest BCUT2D eigenvalue weighted by Crippen LogP contribution is 2.29. The Hall–Kier alpha value is -2.94. The third kappa shape index (κ3) is 5.09. The Morgan fingerprint density at radius 1 is 1.22 bits per heavy atom. The van der Waals surface area contributed by atoms with Gasteiger partial charge in [-0.2, -0.15) is 4.98 Å². The molecule has 166 valence electrons. The van der Waals surface area contributed by atoms with Crippen LogP contribution in [0.25, 0.3) is 11.4 Å². The second-order valence-corrected chi connectivity index (χ2v) is 8.45. The first-order valence-corrected chi connectivity index (χ1v) is 10.9. The van der Waals surface area contributed by atoms with Crippen molar-refractivity contribution in [3.05, 3.63) is 64.0 Å². The normalized spacial score (nSPS) is 16.6. The minimum absolute atomic E-state index is 0.150. The molecule has 1 unspecified atom stereocenters. The van der Waals surface area contributed by atoms with Gasteiger partial charge in [0.15, 0.2) is 0 Å². The van der Waals surface area contributed by atoms with Gasteiger partial charge in [0.1, 0.15) is 0 Å². The number of hydrogen-bond acceptors (Lipinski definition) is 6. The quantitative estimate of drug-likeness (QED) is 0.559. The van der Waals surface area contributed by atoms with Gasteiger partial charge in [-0.1, -0.05) is 40.5 Å². The Kier molecular flexibility index (Phi) is 6.74. The maximum atomic E-state index is 12.8. The number of piperidine rings is 1. The molecule has 0 aliphatic carbocycles. The van der Waals surface area contributed by atoms with Crippen molar-refractivity contribution in [3.8, 4) is 11.4 Å². The smallest absolute Gasteiger partial charge is 0.250 e. The summed E-state index contributed by atoms with van der Waals surface area (Å²) in [6.07, 6.45) is 1.59. The van der Waals surface area contributed by atoms with Crippen LogP contribution in [-0.2, 0) is 11.3 Å². The van der Waals surface area contributed by atoms with E-state index in [1.54, 1.807) is 42.5 Å². The van der Waals surface area contributed by atoms with E-state index in [9.17, 15) is 9.59 Å². The molecule has 1 fully saturated rings. The Balaban J connectivity index is 1.40. The number of likely N-dealkylation sites (tertiary alicyclic amines) is 1. The summed E-state index contributed by atoms with van der Waals surface area (Å²) >= 11 is 12.2. The summed E-state index contributed by atoms with van der Waals surface area (Å²) in [5.74, 6) is -0.151. The van der Waals surface area contributed by atoms with Crippen molar-refractivity contribution in [3.63, 3.8) is 0 Å². The van der Waals surface area contributed by atoms with Crippen LogP contribution in [0.2, 0.25) is 10.0 Å². The van der Waals surface area contributed by atoms with E-state index in [-0.39, 0.29) is 17.4 Å². The molecule has 0 bridgehead atoms. The molecular weight excluding hydrogens is 453 g/mol. The van der Waals surface area contributed by atoms with E-state index in [0.29, 0.717) is 46.1 Å². The monoisotopic (exact) mass is 473 g/mol. The fraction of sp³-hybridized carbons (Fsp3) is 0.273. The number of carbonyl (C=O) groups excluding carboxylic acids is 2. The predicted molar refractivity (Wildman–Crippen MR) is 121 cm³/mol. The van der Waals surface area contributed by atoms with Crippen LogP contribution in [-0.4, -0.2) is 39.9 Å². The van der Waals surface area contributed by atoms with Crippen LogP contribution in [0.3, 0.4) is 0 Å². The minimum atomic E-state index is -0.584. The predicted octanol–water partition coefficient (Wildman–Crippen LogP) is 3.99. The van der Waals surface area contributed by atoms with Crippen molar-refractivity contribution in [1.82, 2.24) is 15.0 Å². The largest absolute Gasteiger partial charge is 0.366 e. The van der Waals surface area contributed by atoms with Crippen LogP contribution < -0.4 is 11.1 Å². The standard InChI is InChI=1S/C22H21Cl2N5O3/c23-14-7-8-15(17(24)10-14)21-27-19(32-28-21)12-29-9-3-4-13(11-29)22(31)26-18-6-2-1-5-16(18)20(25)30/h1-2,5-8,10,13H,3-4,9,11-12H2,(H2,25,30)(H,26,31). The SMILES string of the molecule is NC(=O)c1ccccc1NC(=O)C1CCCN(Cc2nc(-c3ccc(Cl)cc3Cl)no2)C1. The highest BCUT2D eigenvalue weighted by atomic mass is 35.5. The van der Waals surface area contributed by atoms with Crippen LogP contribution in [0.4, 0.5) is 5.69 Å². The zero-order valence-electron chi connectivity index (χ0n) is 17.1. The summed E-state index contributed by atoms with van der Waals surface area (Å²) in [7, 11) is 0. The number of benzene rings is 2. The van der Waals surface area contributed by atoms with Crippen LogP contribution in [0, 0.1) is 5.92 Å². The lowest BCUT2D eigenvalue weighted by molar-refractivity contribution is -0.121. The molecule has 1 aliphatic rings. The summed E-state index contributed by atoms with van der Waals surface area (Å²) in [6.45, 7) is 1.75. The highest BCUT2D eigenvalue weighted by molar-refractivity contribution is 6.36. The van der Waals surface area contributed by atoms with Gasteiger partial charge in [-0.05, 0) is 49.7 Å². The summed E-state index contributed by atoms with van der Waals surface area (Å²) in [5.41, 5.74) is 6.74. The summed E-state index contributed by atoms with van der Waals surface area (Å²) in [6, 6.07) is 11.8. The van der Waals surface area contributed by atoms with E-state index < -0.39 is 5.91 Å². The number of nitrogens with zero attached hydrogens (tertiary/aromatic N) is 3. The van der Waals surface area contributed by atoms with Crippen LogP contribution in [0.5, 0.6) is 0 Å². The van der Waals surface area contributed by atoms with E-state index in [0.717, 1.165) is 19.4 Å². The maximum absolute atomic E-state index is 12.8. The lowest BCUT2D eigenvalue weighted by Crippen LogP contribution is -2.40. The molecule has 4 rings (SSSR count). The molecule has 0 radical (unpaired) electrons. The first-order chi connectivity index (χ1) is 15.4. The van der Waals surface area contributed by atoms with Gasteiger partial charge < -0.3 is 15.6 Å². The number of halogens is 2. The number of nitrogens with two attached hydrogens (primary N) is 1. The number of carbonyl (C=O) groups is 2. The Morgan fingerprint density at radius 3 is 2.81 bits per heavy atom. The number of primary amides is 1. The number of anilines is 1. The molecule has 3 N–H and O–H groups in total. The van der Waals surface area contributed by atoms with Gasteiger partial charge in [0, 0.05) is 17.1 Å². The summed E-state index contributed by atoms with van der Waals surface area (Å²) < 4.78 is 5.39. The van der Waals surface area contributed by atoms with E-state index in [1.165, 1.54) is 0 Å². The fourth-order valence-electron chi connectivity index (χ4n) is 3.75. The average Bonchev–Trinajstić information content (AvgIpc) is 3.22. The minimum Gasteiger partial charge on any atom is -0.366 e. The van der Waals surface area contributed by atoms with Gasteiger partial charge >= 0.3 is 0 Å². The van der Waals surface area contributed by atoms with Crippen molar-refractivity contribution < 1.29 is 14.1 Å². The number of rotatable bonds is 6. The lowest BCUT2D eigenvalue weighted by atomic mass is 9.97. The van der Waals surface area contributed by atoms with Crippen molar-refractivity contribution in [1.29, 1.82) is 0 Å². The highest BCUT2D eigenvalue weighted by Gasteiger charge is 2.27. The first kappa shape index (κ1) is 22.3. The number of amides is 2. The molecule has 2 heterocycles. The molecule has 1 aliphatic heterocycles. The number of nitrogens with one attached hydrogen (secondary N) is 1. The second kappa shape index (κ2) is 9.68. The molecule has 0 saturated carbocycles. The number of aromatic nitrogens is 2. The molecule has 2 aromatic carbocycles. The van der Waals surface area contributed by atoms with Crippen molar-refractivity contribution in [2.45, 2.75) is 19.4 Å². The van der Waals surface area contributed by atoms with Crippen LogP contribution in [0.15, 0.2) is 47.0 Å². The third-order valence-corrected chi connectivity index (χ3v) is 5.87. The maximum Gasteiger partial charge on any atom is 0.250 e. The lowest BCUT2D eigenvalue weighted by Gasteiger charge is -2.31. The van der Waals surface area contributed by atoms with Gasteiger partial charge in [0.2, 0.25) is 17.6 Å². The van der Waals surface area contributed by atoms with Crippen molar-refractivity contribution in [2.75, 3.05) is 18.4 Å². The van der Waals surface area contributed by atoms with E-state index in [1.807, 2.05) is 0 Å². The van der Waals surface area contributed by atoms with Crippen molar-refractivity contribution >= 4 is 40.7 Å². The number of para-hydroxylation sites is 1. The average molecular weight is 474 g/mol. The Bertz CT molecular complexity index is 1150. The van der Waals surface area contributed by atoms with Gasteiger partial charge in [-0.25, -0.2) is 0 Å². The Labute approximate surface area is 194 Å². The Morgan fingerprint density at radius 2 is 2.03 bits per heavy atom. The second-order valence-electron chi connectivity index (χ2n) is 7.61. The summed E-state index contributed by atoms with van der Waals surface area (Å²) in [4.78, 5) is 31.0.